The molecule has 1 aliphatic rings. The van der Waals surface area contributed by atoms with Crippen molar-refractivity contribution >= 4 is 38.9 Å². The number of carbonyl (C=O) groups is 2. The maximum absolute atomic E-state index is 14.4. The lowest BCUT2D eigenvalue weighted by Crippen LogP contribution is -2.37. The monoisotopic (exact) mass is 458 g/mol. The highest BCUT2D eigenvalue weighted by atomic mass is 32.1. The van der Waals surface area contributed by atoms with Crippen molar-refractivity contribution in [2.45, 2.75) is 13.5 Å². The fourth-order valence-electron chi connectivity index (χ4n) is 3.59. The van der Waals surface area contributed by atoms with Crippen LogP contribution in [0.15, 0.2) is 36.4 Å². The molecule has 3 aromatic rings. The minimum absolute atomic E-state index is 0.100. The normalized spacial score (nSPS) is 12.6. The predicted molar refractivity (Wildman–Crippen MR) is 120 cm³/mol. The lowest BCUT2D eigenvalue weighted by Gasteiger charge is -2.21. The Morgan fingerprint density at radius 1 is 1.19 bits per heavy atom. The molecule has 9 heteroatoms. The number of likely N-dealkylation sites (N-methyl/N-ethyl adjacent to an activating group) is 1. The Bertz CT molecular complexity index is 1160. The molecule has 0 bridgehead atoms. The smallest absolute Gasteiger partial charge is 0.264 e. The number of hydrogen-bond donors (Lipinski definition) is 1. The zero-order valence-corrected chi connectivity index (χ0v) is 18.6. The van der Waals surface area contributed by atoms with Crippen LogP contribution in [-0.2, 0) is 16.1 Å². The van der Waals surface area contributed by atoms with Crippen LogP contribution in [0.1, 0.15) is 22.2 Å². The van der Waals surface area contributed by atoms with Crippen molar-refractivity contribution in [2.75, 3.05) is 38.7 Å². The number of carbonyl (C=O) groups excluding carboxylic acids is 2. The van der Waals surface area contributed by atoms with Crippen molar-refractivity contribution < 1.29 is 28.2 Å². The third-order valence-corrected chi connectivity index (χ3v) is 6.26. The van der Waals surface area contributed by atoms with Gasteiger partial charge in [-0.25, -0.2) is 4.39 Å². The molecule has 168 valence electrons. The zero-order valence-electron chi connectivity index (χ0n) is 17.8. The number of benzene rings is 2. The molecule has 1 N–H and O–H groups in total. The highest BCUT2D eigenvalue weighted by Gasteiger charge is 2.25. The van der Waals surface area contributed by atoms with Gasteiger partial charge >= 0.3 is 0 Å². The molecule has 1 aliphatic heterocycles. The molecule has 0 spiro atoms. The molecule has 0 atom stereocenters. The van der Waals surface area contributed by atoms with Gasteiger partial charge in [0.25, 0.3) is 5.91 Å². The Balaban J connectivity index is 1.52. The Hall–Kier alpha value is -3.17. The van der Waals surface area contributed by atoms with Crippen molar-refractivity contribution in [1.82, 2.24) is 4.90 Å². The second-order valence-corrected chi connectivity index (χ2v) is 8.23. The van der Waals surface area contributed by atoms with Crippen molar-refractivity contribution in [3.63, 3.8) is 0 Å². The number of nitrogens with one attached hydrogen (secondary N) is 1. The Kier molecular flexibility index (Phi) is 6.57. The summed E-state index contributed by atoms with van der Waals surface area (Å²) < 4.78 is 31.4. The maximum Gasteiger partial charge on any atom is 0.264 e. The van der Waals surface area contributed by atoms with Crippen LogP contribution >= 0.6 is 11.3 Å². The van der Waals surface area contributed by atoms with Gasteiger partial charge in [-0.3, -0.25) is 9.59 Å². The lowest BCUT2D eigenvalue weighted by molar-refractivity contribution is -0.116. The maximum atomic E-state index is 14.4. The molecule has 0 aliphatic carbocycles. The lowest BCUT2D eigenvalue weighted by atomic mass is 10.1. The molecule has 0 radical (unpaired) electrons. The van der Waals surface area contributed by atoms with Crippen molar-refractivity contribution in [2.24, 2.45) is 0 Å². The molecule has 2 heterocycles. The summed E-state index contributed by atoms with van der Waals surface area (Å²) in [5.74, 6) is 0.107. The van der Waals surface area contributed by atoms with E-state index in [0.717, 1.165) is 0 Å². The molecule has 2 aromatic carbocycles. The number of fused-ring (bicyclic) bond motifs is 2. The predicted octanol–water partition coefficient (Wildman–Crippen LogP) is 4.06. The molecule has 4 rings (SSSR count). The average molecular weight is 459 g/mol. The molecule has 2 amide bonds. The molecular weight excluding hydrogens is 435 g/mol. The number of amides is 2. The number of methoxy groups -OCH3 is 1. The summed E-state index contributed by atoms with van der Waals surface area (Å²) in [7, 11) is 1.50. The van der Waals surface area contributed by atoms with E-state index in [9.17, 15) is 14.0 Å². The molecule has 0 saturated heterocycles. The summed E-state index contributed by atoms with van der Waals surface area (Å²) in [4.78, 5) is 27.7. The molecule has 0 saturated carbocycles. The number of nitrogens with zero attached hydrogens (tertiary/aromatic N) is 1. The van der Waals surface area contributed by atoms with Crippen LogP contribution < -0.4 is 14.8 Å². The van der Waals surface area contributed by atoms with Crippen LogP contribution in [0.5, 0.6) is 11.5 Å². The molecule has 32 heavy (non-hydrogen) atoms. The van der Waals surface area contributed by atoms with E-state index in [2.05, 4.69) is 5.32 Å². The van der Waals surface area contributed by atoms with Crippen molar-refractivity contribution in [3.05, 3.63) is 52.7 Å². The van der Waals surface area contributed by atoms with Gasteiger partial charge in [0.1, 0.15) is 25.6 Å². The number of anilines is 1. The fraction of sp³-hybridized carbons (Fsp3) is 0.304. The third kappa shape index (κ3) is 4.39. The Morgan fingerprint density at radius 3 is 2.72 bits per heavy atom. The Labute approximate surface area is 188 Å². The SMILES string of the molecule is CCN(CC(=O)Nc1ccc2c(c1)OCCO2)C(=O)c1sc2cccc(F)c2c1COC. The van der Waals surface area contributed by atoms with Gasteiger partial charge in [0.2, 0.25) is 5.91 Å². The second kappa shape index (κ2) is 9.54. The van der Waals surface area contributed by atoms with E-state index in [-0.39, 0.29) is 25.0 Å². The number of hydrogen-bond acceptors (Lipinski definition) is 6. The van der Waals surface area contributed by atoms with E-state index < -0.39 is 5.82 Å². The first kappa shape index (κ1) is 22.0. The topological polar surface area (TPSA) is 77.1 Å². The highest BCUT2D eigenvalue weighted by Crippen LogP contribution is 2.35. The van der Waals surface area contributed by atoms with Gasteiger partial charge in [0.05, 0.1) is 11.5 Å². The van der Waals surface area contributed by atoms with Gasteiger partial charge < -0.3 is 24.4 Å². The van der Waals surface area contributed by atoms with Gasteiger partial charge in [0, 0.05) is 41.1 Å². The summed E-state index contributed by atoms with van der Waals surface area (Å²) in [5, 5.41) is 3.18. The van der Waals surface area contributed by atoms with E-state index in [1.807, 2.05) is 0 Å². The van der Waals surface area contributed by atoms with Crippen LogP contribution in [0.3, 0.4) is 0 Å². The minimum Gasteiger partial charge on any atom is -0.486 e. The average Bonchev–Trinajstić information content (AvgIpc) is 3.17. The third-order valence-electron chi connectivity index (χ3n) is 5.08. The van der Waals surface area contributed by atoms with Crippen LogP contribution in [0.2, 0.25) is 0 Å². The van der Waals surface area contributed by atoms with Crippen molar-refractivity contribution in [1.29, 1.82) is 0 Å². The number of ether oxygens (including phenoxy) is 3. The van der Waals surface area contributed by atoms with E-state index in [0.29, 0.717) is 57.5 Å². The van der Waals surface area contributed by atoms with Crippen molar-refractivity contribution in [3.8, 4) is 11.5 Å². The van der Waals surface area contributed by atoms with Crippen LogP contribution in [0, 0.1) is 5.82 Å². The molecular formula is C23H23FN2O5S. The van der Waals surface area contributed by atoms with E-state index in [4.69, 9.17) is 14.2 Å². The number of halogens is 1. The van der Waals surface area contributed by atoms with Crippen LogP contribution in [-0.4, -0.2) is 50.1 Å². The number of rotatable bonds is 7. The van der Waals surface area contributed by atoms with Gasteiger partial charge in [0.15, 0.2) is 11.5 Å². The first-order valence-electron chi connectivity index (χ1n) is 10.2. The number of thiophene rings is 1. The summed E-state index contributed by atoms with van der Waals surface area (Å²) in [6, 6.07) is 9.88. The van der Waals surface area contributed by atoms with Crippen LogP contribution in [0.4, 0.5) is 10.1 Å². The van der Waals surface area contributed by atoms with Crippen LogP contribution in [0.25, 0.3) is 10.1 Å². The standard InChI is InChI=1S/C23H23FN2O5S/c1-3-26(12-20(27)25-14-7-8-17-18(11-14)31-10-9-30-17)23(28)22-15(13-29-2)21-16(24)5-4-6-19(21)32-22/h4-8,11H,3,9-10,12-13H2,1-2H3,(H,25,27). The molecule has 7 nitrogen and oxygen atoms in total. The van der Waals surface area contributed by atoms with E-state index in [1.54, 1.807) is 37.3 Å². The summed E-state index contributed by atoms with van der Waals surface area (Å²) in [6.07, 6.45) is 0. The van der Waals surface area contributed by atoms with E-state index in [1.165, 1.54) is 29.4 Å². The van der Waals surface area contributed by atoms with E-state index >= 15 is 0 Å². The van der Waals surface area contributed by atoms with Gasteiger partial charge in [-0.15, -0.1) is 11.3 Å². The Morgan fingerprint density at radius 2 is 1.97 bits per heavy atom. The van der Waals surface area contributed by atoms with Gasteiger partial charge in [-0.05, 0) is 31.2 Å². The van der Waals surface area contributed by atoms with Gasteiger partial charge in [-0.1, -0.05) is 6.07 Å². The highest BCUT2D eigenvalue weighted by molar-refractivity contribution is 7.21. The minimum atomic E-state index is -0.399. The fourth-order valence-corrected chi connectivity index (χ4v) is 4.78. The van der Waals surface area contributed by atoms with Gasteiger partial charge in [-0.2, -0.15) is 0 Å². The molecule has 1 aromatic heterocycles. The second-order valence-electron chi connectivity index (χ2n) is 7.18. The molecule has 0 unspecified atom stereocenters. The summed E-state index contributed by atoms with van der Waals surface area (Å²) in [5.41, 5.74) is 1.05. The molecule has 0 fully saturated rings. The quantitative estimate of drug-likeness (QED) is 0.578. The summed E-state index contributed by atoms with van der Waals surface area (Å²) >= 11 is 1.20. The first-order valence-corrected chi connectivity index (χ1v) is 11.0. The summed E-state index contributed by atoms with van der Waals surface area (Å²) in [6.45, 7) is 2.99. The zero-order chi connectivity index (χ0) is 22.7. The first-order chi connectivity index (χ1) is 15.5. The largest absolute Gasteiger partial charge is 0.486 e.